The molecule has 6 nitrogen and oxygen atoms in total. The Balaban J connectivity index is 2.78. The highest BCUT2D eigenvalue weighted by Gasteiger charge is 2.31. The molecule has 0 aliphatic carbocycles. The van der Waals surface area contributed by atoms with E-state index in [1.54, 1.807) is 46.3 Å². The second-order valence-corrected chi connectivity index (χ2v) is 6.73. The van der Waals surface area contributed by atoms with Crippen LogP contribution in [0.1, 0.15) is 45.7 Å². The first-order valence-corrected chi connectivity index (χ1v) is 7.23. The van der Waals surface area contributed by atoms with Crippen molar-refractivity contribution in [2.24, 2.45) is 5.10 Å². The van der Waals surface area contributed by atoms with E-state index in [0.717, 1.165) is 0 Å². The Kier molecular flexibility index (Phi) is 6.23. The van der Waals surface area contributed by atoms with Crippen molar-refractivity contribution in [2.75, 3.05) is 0 Å². The van der Waals surface area contributed by atoms with Crippen molar-refractivity contribution >= 4 is 12.2 Å². The zero-order valence-corrected chi connectivity index (χ0v) is 14.1. The molecular weight excluding hydrogens is 301 g/mol. The van der Waals surface area contributed by atoms with E-state index in [-0.39, 0.29) is 12.5 Å². The molecule has 0 saturated heterocycles. The summed E-state index contributed by atoms with van der Waals surface area (Å²) in [6.07, 6.45) is 1.28. The van der Waals surface area contributed by atoms with Gasteiger partial charge in [-0.1, -0.05) is 0 Å². The second kappa shape index (κ2) is 7.52. The first-order valence-electron chi connectivity index (χ1n) is 7.23. The highest BCUT2D eigenvalue weighted by Crippen LogP contribution is 2.15. The van der Waals surface area contributed by atoms with Gasteiger partial charge < -0.3 is 4.74 Å². The molecule has 0 aromatic heterocycles. The molecule has 0 aliphatic heterocycles. The predicted octanol–water partition coefficient (Wildman–Crippen LogP) is 2.35. The fourth-order valence-electron chi connectivity index (χ4n) is 1.76. The molecule has 128 valence electrons. The summed E-state index contributed by atoms with van der Waals surface area (Å²) in [7, 11) is 0. The average molecular weight is 325 g/mol. The summed E-state index contributed by atoms with van der Waals surface area (Å²) in [5, 5.41) is 14.9. The molecule has 0 fully saturated rings. The third kappa shape index (κ3) is 6.75. The van der Waals surface area contributed by atoms with E-state index < -0.39 is 17.0 Å². The van der Waals surface area contributed by atoms with Crippen molar-refractivity contribution in [3.05, 3.63) is 35.1 Å². The SMILES string of the molecule is CC(C)(C)OC(=O)C(C)(C)NCc1cc(F)cc(/C=N\NO)c1. The Morgan fingerprint density at radius 2 is 1.96 bits per heavy atom. The normalized spacial score (nSPS) is 12.5. The van der Waals surface area contributed by atoms with Crippen molar-refractivity contribution in [2.45, 2.75) is 52.3 Å². The van der Waals surface area contributed by atoms with E-state index >= 15 is 0 Å². The molecule has 0 aliphatic rings. The van der Waals surface area contributed by atoms with Crippen molar-refractivity contribution in [3.63, 3.8) is 0 Å². The van der Waals surface area contributed by atoms with Crippen LogP contribution in [0.3, 0.4) is 0 Å². The topological polar surface area (TPSA) is 83.0 Å². The molecule has 0 bridgehead atoms. The lowest BCUT2D eigenvalue weighted by Gasteiger charge is -2.29. The molecule has 7 heteroatoms. The van der Waals surface area contributed by atoms with Crippen molar-refractivity contribution in [1.82, 2.24) is 10.9 Å². The van der Waals surface area contributed by atoms with Gasteiger partial charge in [0.1, 0.15) is 17.0 Å². The largest absolute Gasteiger partial charge is 0.459 e. The van der Waals surface area contributed by atoms with Crippen LogP contribution in [0.15, 0.2) is 23.3 Å². The third-order valence-corrected chi connectivity index (χ3v) is 2.89. The van der Waals surface area contributed by atoms with Crippen LogP contribution in [0, 0.1) is 5.82 Å². The molecule has 0 heterocycles. The van der Waals surface area contributed by atoms with E-state index in [1.807, 2.05) is 0 Å². The number of hydrogen-bond donors (Lipinski definition) is 3. The predicted molar refractivity (Wildman–Crippen MR) is 85.7 cm³/mol. The van der Waals surface area contributed by atoms with Gasteiger partial charge in [0.05, 0.1) is 6.21 Å². The van der Waals surface area contributed by atoms with Crippen LogP contribution in [0.25, 0.3) is 0 Å². The zero-order valence-electron chi connectivity index (χ0n) is 14.1. The van der Waals surface area contributed by atoms with Gasteiger partial charge in [-0.2, -0.15) is 10.7 Å². The van der Waals surface area contributed by atoms with E-state index in [2.05, 4.69) is 10.4 Å². The van der Waals surface area contributed by atoms with Crippen molar-refractivity contribution in [1.29, 1.82) is 0 Å². The summed E-state index contributed by atoms with van der Waals surface area (Å²) < 4.78 is 19.0. The summed E-state index contributed by atoms with van der Waals surface area (Å²) in [6, 6.07) is 4.34. The number of benzene rings is 1. The second-order valence-electron chi connectivity index (χ2n) is 6.73. The first kappa shape index (κ1) is 19.1. The molecule has 0 saturated carbocycles. The summed E-state index contributed by atoms with van der Waals surface area (Å²) in [5.41, 5.74) is 1.25. The minimum atomic E-state index is -0.916. The fraction of sp³-hybridized carbons (Fsp3) is 0.500. The van der Waals surface area contributed by atoms with Gasteiger partial charge in [-0.05, 0) is 63.9 Å². The molecule has 1 aromatic carbocycles. The molecular formula is C16H24FN3O3. The lowest BCUT2D eigenvalue weighted by atomic mass is 10.0. The third-order valence-electron chi connectivity index (χ3n) is 2.89. The molecule has 0 spiro atoms. The number of hydrazone groups is 1. The number of rotatable bonds is 6. The van der Waals surface area contributed by atoms with Gasteiger partial charge in [-0.25, -0.2) is 4.39 Å². The van der Waals surface area contributed by atoms with Crippen LogP contribution in [-0.4, -0.2) is 28.5 Å². The standard InChI is InChI=1S/C16H24FN3O3/c1-15(2,3)23-14(21)16(4,5)18-9-11-6-12(10-19-20-22)8-13(17)7-11/h6-8,10,18,20,22H,9H2,1-5H3/b19-10-. The smallest absolute Gasteiger partial charge is 0.326 e. The van der Waals surface area contributed by atoms with E-state index in [9.17, 15) is 9.18 Å². The maximum Gasteiger partial charge on any atom is 0.326 e. The number of ether oxygens (including phenoxy) is 1. The summed E-state index contributed by atoms with van der Waals surface area (Å²) in [5.74, 6) is -0.813. The number of carbonyl (C=O) groups is 1. The zero-order chi connectivity index (χ0) is 17.7. The Labute approximate surface area is 135 Å². The Bertz CT molecular complexity index is 580. The number of carbonyl (C=O) groups excluding carboxylic acids is 1. The molecule has 1 rings (SSSR count). The van der Waals surface area contributed by atoms with Gasteiger partial charge in [0.25, 0.3) is 0 Å². The molecule has 0 atom stereocenters. The number of esters is 1. The van der Waals surface area contributed by atoms with Gasteiger partial charge in [0.2, 0.25) is 0 Å². The van der Waals surface area contributed by atoms with Gasteiger partial charge in [0, 0.05) is 6.54 Å². The molecule has 0 radical (unpaired) electrons. The van der Waals surface area contributed by atoms with Crippen LogP contribution in [0.2, 0.25) is 0 Å². The molecule has 3 N–H and O–H groups in total. The number of nitrogens with one attached hydrogen (secondary N) is 2. The number of halogens is 1. The Hall–Kier alpha value is -1.99. The van der Waals surface area contributed by atoms with Gasteiger partial charge in [-0.3, -0.25) is 15.3 Å². The molecule has 0 amide bonds. The minimum Gasteiger partial charge on any atom is -0.459 e. The van der Waals surface area contributed by atoms with Crippen LogP contribution < -0.4 is 10.9 Å². The highest BCUT2D eigenvalue weighted by atomic mass is 19.1. The van der Waals surface area contributed by atoms with Crippen LogP contribution in [0.5, 0.6) is 0 Å². The molecule has 23 heavy (non-hydrogen) atoms. The van der Waals surface area contributed by atoms with Crippen LogP contribution in [-0.2, 0) is 16.1 Å². The average Bonchev–Trinajstić information content (AvgIpc) is 2.40. The molecule has 1 aromatic rings. The van der Waals surface area contributed by atoms with Crippen LogP contribution in [0.4, 0.5) is 4.39 Å². The van der Waals surface area contributed by atoms with Gasteiger partial charge in [-0.15, -0.1) is 0 Å². The Morgan fingerprint density at radius 3 is 2.52 bits per heavy atom. The maximum absolute atomic E-state index is 13.6. The lowest BCUT2D eigenvalue weighted by Crippen LogP contribution is -2.49. The first-order chi connectivity index (χ1) is 10.5. The highest BCUT2D eigenvalue weighted by molar-refractivity contribution is 5.80. The molecule has 0 unspecified atom stereocenters. The van der Waals surface area contributed by atoms with Gasteiger partial charge in [0.15, 0.2) is 0 Å². The fourth-order valence-corrected chi connectivity index (χ4v) is 1.76. The summed E-state index contributed by atoms with van der Waals surface area (Å²) in [4.78, 5) is 12.2. The monoisotopic (exact) mass is 325 g/mol. The number of hydrogen-bond acceptors (Lipinski definition) is 6. The lowest BCUT2D eigenvalue weighted by molar-refractivity contribution is -0.161. The van der Waals surface area contributed by atoms with Crippen molar-refractivity contribution in [3.8, 4) is 0 Å². The van der Waals surface area contributed by atoms with Gasteiger partial charge >= 0.3 is 5.97 Å². The van der Waals surface area contributed by atoms with E-state index in [4.69, 9.17) is 9.94 Å². The summed E-state index contributed by atoms with van der Waals surface area (Å²) in [6.45, 7) is 9.09. The Morgan fingerprint density at radius 1 is 1.30 bits per heavy atom. The quantitative estimate of drug-likeness (QED) is 0.425. The van der Waals surface area contributed by atoms with Crippen LogP contribution >= 0.6 is 0 Å². The van der Waals surface area contributed by atoms with E-state index in [1.165, 1.54) is 18.3 Å². The maximum atomic E-state index is 13.6. The van der Waals surface area contributed by atoms with E-state index in [0.29, 0.717) is 11.1 Å². The number of nitrogens with zero attached hydrogens (tertiary/aromatic N) is 1. The summed E-state index contributed by atoms with van der Waals surface area (Å²) >= 11 is 0. The minimum absolute atomic E-state index is 0.275. The van der Waals surface area contributed by atoms with Crippen molar-refractivity contribution < 1.29 is 19.1 Å².